The molecule has 21 heavy (non-hydrogen) atoms. The van der Waals surface area contributed by atoms with Gasteiger partial charge in [0.15, 0.2) is 0 Å². The van der Waals surface area contributed by atoms with E-state index < -0.39 is 11.9 Å². The Kier molecular flexibility index (Phi) is 6.81. The van der Waals surface area contributed by atoms with Crippen molar-refractivity contribution in [2.75, 3.05) is 25.5 Å². The first kappa shape index (κ1) is 17.1. The van der Waals surface area contributed by atoms with Crippen LogP contribution in [-0.2, 0) is 4.79 Å². The van der Waals surface area contributed by atoms with Crippen LogP contribution in [0, 0.1) is 5.92 Å². The van der Waals surface area contributed by atoms with Crippen molar-refractivity contribution in [3.8, 4) is 5.75 Å². The molecule has 0 spiro atoms. The number of hydrogen-bond donors (Lipinski definition) is 3. The van der Waals surface area contributed by atoms with E-state index in [4.69, 9.17) is 16.3 Å². The van der Waals surface area contributed by atoms with Crippen LogP contribution in [0.2, 0.25) is 5.02 Å². The number of carbonyl (C=O) groups excluding carboxylic acids is 2. The predicted octanol–water partition coefficient (Wildman–Crippen LogP) is 2.24. The summed E-state index contributed by atoms with van der Waals surface area (Å²) in [5, 5.41) is 8.15. The summed E-state index contributed by atoms with van der Waals surface area (Å²) < 4.78 is 5.03. The van der Waals surface area contributed by atoms with Crippen LogP contribution in [0.4, 0.5) is 10.5 Å². The molecule has 0 unspecified atom stereocenters. The Hall–Kier alpha value is -1.95. The maximum atomic E-state index is 11.6. The fraction of sp³-hybridized carbons (Fsp3) is 0.429. The maximum absolute atomic E-state index is 11.6. The number of halogens is 1. The predicted molar refractivity (Wildman–Crippen MR) is 82.9 cm³/mol. The largest absolute Gasteiger partial charge is 0.495 e. The van der Waals surface area contributed by atoms with Crippen molar-refractivity contribution in [3.63, 3.8) is 0 Å². The van der Waals surface area contributed by atoms with E-state index in [1.54, 1.807) is 18.2 Å². The van der Waals surface area contributed by atoms with Crippen LogP contribution >= 0.6 is 11.6 Å². The lowest BCUT2D eigenvalue weighted by Crippen LogP contribution is -2.43. The van der Waals surface area contributed by atoms with Gasteiger partial charge in [-0.3, -0.25) is 10.1 Å². The molecule has 1 aromatic rings. The number of hydrogen-bond acceptors (Lipinski definition) is 4. The van der Waals surface area contributed by atoms with Crippen LogP contribution < -0.4 is 20.7 Å². The van der Waals surface area contributed by atoms with Crippen LogP contribution in [0.25, 0.3) is 0 Å². The van der Waals surface area contributed by atoms with Crippen LogP contribution in [0.1, 0.15) is 13.8 Å². The van der Waals surface area contributed by atoms with E-state index >= 15 is 0 Å². The number of ether oxygens (including phenoxy) is 1. The molecule has 3 amide bonds. The minimum atomic E-state index is -0.497. The highest BCUT2D eigenvalue weighted by Crippen LogP contribution is 2.26. The molecule has 6 nitrogen and oxygen atoms in total. The molecular formula is C14H20ClN3O3. The normalized spacial score (nSPS) is 10.1. The Balaban J connectivity index is 2.39. The number of urea groups is 1. The molecule has 0 fully saturated rings. The van der Waals surface area contributed by atoms with Gasteiger partial charge in [-0.05, 0) is 24.1 Å². The lowest BCUT2D eigenvalue weighted by molar-refractivity contribution is -0.118. The number of imide groups is 1. The zero-order chi connectivity index (χ0) is 15.8. The Morgan fingerprint density at radius 2 is 2.05 bits per heavy atom. The third kappa shape index (κ3) is 6.35. The summed E-state index contributed by atoms with van der Waals surface area (Å²) in [5.74, 6) is 0.452. The summed E-state index contributed by atoms with van der Waals surface area (Å²) in [4.78, 5) is 23.0. The van der Waals surface area contributed by atoms with Gasteiger partial charge in [0.1, 0.15) is 5.75 Å². The first-order chi connectivity index (χ1) is 9.92. The molecule has 0 aromatic heterocycles. The molecule has 0 saturated heterocycles. The fourth-order valence-electron chi connectivity index (χ4n) is 1.47. The van der Waals surface area contributed by atoms with Crippen LogP contribution in [-0.4, -0.2) is 32.1 Å². The molecule has 0 radical (unpaired) electrons. The summed E-state index contributed by atoms with van der Waals surface area (Å²) in [6.45, 7) is 4.42. The average Bonchev–Trinajstić information content (AvgIpc) is 2.43. The highest BCUT2D eigenvalue weighted by molar-refractivity contribution is 6.32. The molecule has 1 aromatic carbocycles. The van der Waals surface area contributed by atoms with Crippen molar-refractivity contribution in [1.82, 2.24) is 10.6 Å². The zero-order valence-electron chi connectivity index (χ0n) is 12.3. The van der Waals surface area contributed by atoms with Gasteiger partial charge >= 0.3 is 6.03 Å². The van der Waals surface area contributed by atoms with Gasteiger partial charge in [0, 0.05) is 12.2 Å². The van der Waals surface area contributed by atoms with Gasteiger partial charge in [-0.15, -0.1) is 0 Å². The van der Waals surface area contributed by atoms with Crippen molar-refractivity contribution in [2.24, 2.45) is 5.92 Å². The third-order valence-electron chi connectivity index (χ3n) is 2.53. The highest BCUT2D eigenvalue weighted by atomic mass is 35.5. The molecule has 0 heterocycles. The van der Waals surface area contributed by atoms with Gasteiger partial charge in [-0.2, -0.15) is 0 Å². The summed E-state index contributed by atoms with van der Waals surface area (Å²) >= 11 is 5.97. The van der Waals surface area contributed by atoms with Gasteiger partial charge in [0.2, 0.25) is 5.91 Å². The summed E-state index contributed by atoms with van der Waals surface area (Å²) in [6.07, 6.45) is 0. The Morgan fingerprint density at radius 1 is 1.33 bits per heavy atom. The summed E-state index contributed by atoms with van der Waals surface area (Å²) in [6, 6.07) is 4.57. The molecule has 0 aliphatic rings. The second kappa shape index (κ2) is 8.36. The number of nitrogens with one attached hydrogen (secondary N) is 3. The van der Waals surface area contributed by atoms with Crippen LogP contribution in [0.5, 0.6) is 5.75 Å². The minimum Gasteiger partial charge on any atom is -0.495 e. The molecule has 0 atom stereocenters. The van der Waals surface area contributed by atoms with E-state index in [9.17, 15) is 9.59 Å². The number of anilines is 1. The van der Waals surface area contributed by atoms with Gasteiger partial charge < -0.3 is 15.4 Å². The standard InChI is InChI=1S/C14H20ClN3O3/c1-9(2)7-17-14(20)18-13(19)8-16-10-4-5-12(21-3)11(15)6-10/h4-6,9,16H,7-8H2,1-3H3,(H2,17,18,19,20). The minimum absolute atomic E-state index is 0.0300. The van der Waals surface area contributed by atoms with E-state index in [1.807, 2.05) is 13.8 Å². The van der Waals surface area contributed by atoms with Crippen LogP contribution in [0.15, 0.2) is 18.2 Å². The average molecular weight is 314 g/mol. The van der Waals surface area contributed by atoms with Crippen molar-refractivity contribution >= 4 is 29.2 Å². The lowest BCUT2D eigenvalue weighted by Gasteiger charge is -2.10. The second-order valence-electron chi connectivity index (χ2n) is 4.85. The SMILES string of the molecule is COc1ccc(NCC(=O)NC(=O)NCC(C)C)cc1Cl. The smallest absolute Gasteiger partial charge is 0.321 e. The van der Waals surface area contributed by atoms with Gasteiger partial charge in [0.05, 0.1) is 18.7 Å². The molecule has 0 bridgehead atoms. The second-order valence-corrected chi connectivity index (χ2v) is 5.26. The number of rotatable bonds is 6. The van der Waals surface area contributed by atoms with E-state index in [-0.39, 0.29) is 6.54 Å². The van der Waals surface area contributed by atoms with E-state index in [2.05, 4.69) is 16.0 Å². The van der Waals surface area contributed by atoms with Gasteiger partial charge in [0.25, 0.3) is 0 Å². The Morgan fingerprint density at radius 3 is 2.62 bits per heavy atom. The molecule has 116 valence electrons. The molecule has 1 rings (SSSR count). The first-order valence-electron chi connectivity index (χ1n) is 6.57. The summed E-state index contributed by atoms with van der Waals surface area (Å²) in [7, 11) is 1.53. The number of benzene rings is 1. The highest BCUT2D eigenvalue weighted by Gasteiger charge is 2.08. The van der Waals surface area contributed by atoms with Crippen molar-refractivity contribution in [3.05, 3.63) is 23.2 Å². The summed E-state index contributed by atoms with van der Waals surface area (Å²) in [5.41, 5.74) is 0.665. The number of amides is 3. The fourth-order valence-corrected chi connectivity index (χ4v) is 1.73. The maximum Gasteiger partial charge on any atom is 0.321 e. The number of methoxy groups -OCH3 is 1. The van der Waals surface area contributed by atoms with Crippen molar-refractivity contribution < 1.29 is 14.3 Å². The van der Waals surface area contributed by atoms with E-state index in [0.29, 0.717) is 28.9 Å². The molecular weight excluding hydrogens is 294 g/mol. The molecule has 0 aliphatic heterocycles. The third-order valence-corrected chi connectivity index (χ3v) is 2.82. The van der Waals surface area contributed by atoms with Crippen molar-refractivity contribution in [1.29, 1.82) is 0 Å². The Bertz CT molecular complexity index is 506. The quantitative estimate of drug-likeness (QED) is 0.752. The topological polar surface area (TPSA) is 79.5 Å². The van der Waals surface area contributed by atoms with Gasteiger partial charge in [-0.1, -0.05) is 25.4 Å². The zero-order valence-corrected chi connectivity index (χ0v) is 13.1. The molecule has 0 aliphatic carbocycles. The van der Waals surface area contributed by atoms with E-state index in [0.717, 1.165) is 0 Å². The van der Waals surface area contributed by atoms with E-state index in [1.165, 1.54) is 7.11 Å². The number of carbonyl (C=O) groups is 2. The van der Waals surface area contributed by atoms with Crippen LogP contribution in [0.3, 0.4) is 0 Å². The van der Waals surface area contributed by atoms with Crippen molar-refractivity contribution in [2.45, 2.75) is 13.8 Å². The molecule has 0 saturated carbocycles. The molecule has 3 N–H and O–H groups in total. The van der Waals surface area contributed by atoms with Gasteiger partial charge in [-0.25, -0.2) is 4.79 Å². The first-order valence-corrected chi connectivity index (χ1v) is 6.95. The molecule has 7 heteroatoms. The lowest BCUT2D eigenvalue weighted by atomic mass is 10.2. The monoisotopic (exact) mass is 313 g/mol. The Labute approximate surface area is 129 Å².